The zero-order chi connectivity index (χ0) is 16.6. The van der Waals surface area contributed by atoms with Crippen molar-refractivity contribution in [3.05, 3.63) is 47.5 Å². The number of benzene rings is 1. The number of nitrogens with zero attached hydrogens (tertiary/aromatic N) is 3. The molecule has 0 fully saturated rings. The highest BCUT2D eigenvalue weighted by Crippen LogP contribution is 2.23. The van der Waals surface area contributed by atoms with Crippen LogP contribution in [0.4, 0.5) is 9.18 Å². The molecule has 0 saturated heterocycles. The first kappa shape index (κ1) is 15.5. The van der Waals surface area contributed by atoms with Crippen LogP contribution >= 0.6 is 0 Å². The minimum Gasteiger partial charge on any atom is -0.444 e. The summed E-state index contributed by atoms with van der Waals surface area (Å²) in [6, 6.07) is 6.23. The van der Waals surface area contributed by atoms with E-state index in [1.807, 2.05) is 20.8 Å². The second-order valence-electron chi connectivity index (χ2n) is 6.66. The van der Waals surface area contributed by atoms with Crippen LogP contribution < -0.4 is 0 Å². The van der Waals surface area contributed by atoms with Crippen molar-refractivity contribution in [1.29, 1.82) is 0 Å². The number of carbonyl (C=O) groups is 1. The van der Waals surface area contributed by atoms with E-state index in [1.165, 1.54) is 12.1 Å². The number of ether oxygens (including phenoxy) is 1. The first-order valence-electron chi connectivity index (χ1n) is 7.63. The van der Waals surface area contributed by atoms with Crippen LogP contribution in [0.5, 0.6) is 0 Å². The molecule has 1 aromatic heterocycles. The van der Waals surface area contributed by atoms with Gasteiger partial charge in [0, 0.05) is 18.5 Å². The highest BCUT2D eigenvalue weighted by molar-refractivity contribution is 5.68. The van der Waals surface area contributed by atoms with E-state index in [0.717, 1.165) is 16.9 Å². The number of aromatic nitrogens is 2. The predicted octanol–water partition coefficient (Wildman–Crippen LogP) is 3.30. The molecule has 0 radical (unpaired) electrons. The fraction of sp³-hybridized carbons (Fsp3) is 0.412. The van der Waals surface area contributed by atoms with Crippen molar-refractivity contribution in [3.63, 3.8) is 0 Å². The number of hydrogen-bond donors (Lipinski definition) is 0. The molecule has 0 bridgehead atoms. The van der Waals surface area contributed by atoms with E-state index < -0.39 is 5.60 Å². The number of amides is 1. The van der Waals surface area contributed by atoms with Gasteiger partial charge < -0.3 is 9.64 Å². The number of rotatable bonds is 1. The van der Waals surface area contributed by atoms with Crippen molar-refractivity contribution >= 4 is 6.09 Å². The summed E-state index contributed by atoms with van der Waals surface area (Å²) in [7, 11) is 0. The summed E-state index contributed by atoms with van der Waals surface area (Å²) in [4.78, 5) is 13.9. The number of fused-ring (bicyclic) bond motifs is 1. The van der Waals surface area contributed by atoms with E-state index in [9.17, 15) is 9.18 Å². The first-order chi connectivity index (χ1) is 10.8. The molecule has 2 heterocycles. The Kier molecular flexibility index (Phi) is 3.83. The molecule has 3 rings (SSSR count). The van der Waals surface area contributed by atoms with Gasteiger partial charge in [0.15, 0.2) is 0 Å². The van der Waals surface area contributed by atoms with Gasteiger partial charge in [-0.1, -0.05) is 0 Å². The number of carbonyl (C=O) groups excluding carboxylic acids is 1. The fourth-order valence-corrected chi connectivity index (χ4v) is 2.62. The van der Waals surface area contributed by atoms with Gasteiger partial charge in [0.1, 0.15) is 11.4 Å². The van der Waals surface area contributed by atoms with E-state index >= 15 is 0 Å². The van der Waals surface area contributed by atoms with Gasteiger partial charge in [0.05, 0.1) is 24.1 Å². The van der Waals surface area contributed by atoms with Crippen LogP contribution in [-0.4, -0.2) is 32.9 Å². The van der Waals surface area contributed by atoms with Gasteiger partial charge in [0.2, 0.25) is 0 Å². The Morgan fingerprint density at radius 1 is 1.26 bits per heavy atom. The molecule has 122 valence electrons. The van der Waals surface area contributed by atoms with Crippen molar-refractivity contribution in [2.75, 3.05) is 6.54 Å². The lowest BCUT2D eigenvalue weighted by Gasteiger charge is -2.30. The highest BCUT2D eigenvalue weighted by atomic mass is 19.1. The molecule has 1 aliphatic heterocycles. The number of hydrogen-bond acceptors (Lipinski definition) is 3. The maximum Gasteiger partial charge on any atom is 0.410 e. The summed E-state index contributed by atoms with van der Waals surface area (Å²) in [5, 5.41) is 4.38. The monoisotopic (exact) mass is 317 g/mol. The minimum absolute atomic E-state index is 0.272. The molecular weight excluding hydrogens is 297 g/mol. The average molecular weight is 317 g/mol. The summed E-state index contributed by atoms with van der Waals surface area (Å²) in [6.07, 6.45) is 2.14. The second-order valence-corrected chi connectivity index (χ2v) is 6.66. The van der Waals surface area contributed by atoms with Crippen LogP contribution in [0.3, 0.4) is 0 Å². The van der Waals surface area contributed by atoms with E-state index in [-0.39, 0.29) is 11.9 Å². The molecule has 1 amide bonds. The summed E-state index contributed by atoms with van der Waals surface area (Å²) in [5.74, 6) is -0.272. The molecule has 1 aliphatic rings. The minimum atomic E-state index is -0.504. The molecule has 6 heteroatoms. The SMILES string of the molecule is CC(C)(C)OC(=O)N1CCc2c(cnn2-c2ccc(F)cc2)C1. The third-order valence-corrected chi connectivity index (χ3v) is 3.66. The van der Waals surface area contributed by atoms with Crippen LogP contribution in [0.25, 0.3) is 5.69 Å². The van der Waals surface area contributed by atoms with Gasteiger partial charge in [-0.05, 0) is 45.0 Å². The fourth-order valence-electron chi connectivity index (χ4n) is 2.62. The molecule has 5 nitrogen and oxygen atoms in total. The Morgan fingerprint density at radius 2 is 1.96 bits per heavy atom. The molecule has 0 atom stereocenters. The van der Waals surface area contributed by atoms with Gasteiger partial charge in [0.25, 0.3) is 0 Å². The summed E-state index contributed by atoms with van der Waals surface area (Å²) >= 11 is 0. The molecule has 2 aromatic rings. The van der Waals surface area contributed by atoms with Crippen molar-refractivity contribution in [1.82, 2.24) is 14.7 Å². The van der Waals surface area contributed by atoms with Crippen LogP contribution in [0.2, 0.25) is 0 Å². The van der Waals surface area contributed by atoms with Gasteiger partial charge in [-0.25, -0.2) is 13.9 Å². The van der Waals surface area contributed by atoms with Gasteiger partial charge in [-0.2, -0.15) is 5.10 Å². The lowest BCUT2D eigenvalue weighted by Crippen LogP contribution is -2.40. The molecule has 0 unspecified atom stereocenters. The molecular formula is C17H20FN3O2. The second kappa shape index (κ2) is 5.68. The molecule has 23 heavy (non-hydrogen) atoms. The molecule has 0 spiro atoms. The third kappa shape index (κ3) is 3.36. The predicted molar refractivity (Wildman–Crippen MR) is 83.9 cm³/mol. The molecule has 0 aliphatic carbocycles. The topological polar surface area (TPSA) is 47.4 Å². The van der Waals surface area contributed by atoms with E-state index in [2.05, 4.69) is 5.10 Å². The molecule has 1 aromatic carbocycles. The van der Waals surface area contributed by atoms with Crippen molar-refractivity contribution in [3.8, 4) is 5.69 Å². The van der Waals surface area contributed by atoms with E-state index in [4.69, 9.17) is 4.74 Å². The van der Waals surface area contributed by atoms with Gasteiger partial charge in [-0.15, -0.1) is 0 Å². The Hall–Kier alpha value is -2.37. The third-order valence-electron chi connectivity index (χ3n) is 3.66. The highest BCUT2D eigenvalue weighted by Gasteiger charge is 2.27. The zero-order valence-corrected chi connectivity index (χ0v) is 13.5. The molecule has 0 N–H and O–H groups in total. The van der Waals surface area contributed by atoms with Crippen molar-refractivity contribution in [2.45, 2.75) is 39.3 Å². The van der Waals surface area contributed by atoms with Crippen LogP contribution in [0.15, 0.2) is 30.5 Å². The Morgan fingerprint density at radius 3 is 2.61 bits per heavy atom. The molecule has 0 saturated carbocycles. The lowest BCUT2D eigenvalue weighted by molar-refractivity contribution is 0.0223. The normalized spacial score (nSPS) is 14.5. The van der Waals surface area contributed by atoms with E-state index in [0.29, 0.717) is 19.5 Å². The van der Waals surface area contributed by atoms with Gasteiger partial charge >= 0.3 is 6.09 Å². The Bertz CT molecular complexity index is 716. The van der Waals surface area contributed by atoms with Crippen LogP contribution in [0.1, 0.15) is 32.0 Å². The zero-order valence-electron chi connectivity index (χ0n) is 13.5. The van der Waals surface area contributed by atoms with Crippen LogP contribution in [0, 0.1) is 5.82 Å². The summed E-state index contributed by atoms with van der Waals surface area (Å²) in [6.45, 7) is 6.62. The first-order valence-corrected chi connectivity index (χ1v) is 7.63. The Labute approximate surface area is 134 Å². The maximum absolute atomic E-state index is 13.1. The average Bonchev–Trinajstić information content (AvgIpc) is 2.89. The largest absolute Gasteiger partial charge is 0.444 e. The van der Waals surface area contributed by atoms with Gasteiger partial charge in [-0.3, -0.25) is 0 Å². The summed E-state index contributed by atoms with van der Waals surface area (Å²) in [5.41, 5.74) is 2.36. The quantitative estimate of drug-likeness (QED) is 0.811. The Balaban J connectivity index is 1.79. The van der Waals surface area contributed by atoms with E-state index in [1.54, 1.807) is 27.9 Å². The number of halogens is 1. The maximum atomic E-state index is 13.1. The van der Waals surface area contributed by atoms with Crippen molar-refractivity contribution < 1.29 is 13.9 Å². The summed E-state index contributed by atoms with van der Waals surface area (Å²) < 4.78 is 20.3. The smallest absolute Gasteiger partial charge is 0.410 e. The van der Waals surface area contributed by atoms with Crippen LogP contribution in [-0.2, 0) is 17.7 Å². The lowest BCUT2D eigenvalue weighted by atomic mass is 10.1. The standard InChI is InChI=1S/C17H20FN3O2/c1-17(2,3)23-16(22)20-9-8-15-12(11-20)10-19-21(15)14-6-4-13(18)5-7-14/h4-7,10H,8-9,11H2,1-3H3. The van der Waals surface area contributed by atoms with Crippen molar-refractivity contribution in [2.24, 2.45) is 0 Å².